The van der Waals surface area contributed by atoms with Gasteiger partial charge in [0.15, 0.2) is 0 Å². The molecule has 22 heavy (non-hydrogen) atoms. The molecule has 0 unspecified atom stereocenters. The van der Waals surface area contributed by atoms with Crippen LogP contribution in [0.3, 0.4) is 0 Å². The Hall–Kier alpha value is -2.29. The Morgan fingerprint density at radius 2 is 1.91 bits per heavy atom. The maximum atomic E-state index is 12.2. The molecule has 0 bridgehead atoms. The minimum absolute atomic E-state index is 0.352. The number of ether oxygens (including phenoxy) is 1. The summed E-state index contributed by atoms with van der Waals surface area (Å²) in [5.41, 5.74) is 1.33. The Kier molecular flexibility index (Phi) is 4.55. The minimum atomic E-state index is -4.74. The third-order valence-electron chi connectivity index (χ3n) is 2.66. The fourth-order valence-corrected chi connectivity index (χ4v) is 2.48. The van der Waals surface area contributed by atoms with Crippen LogP contribution >= 0.6 is 11.5 Å². The molecule has 1 amide bonds. The van der Waals surface area contributed by atoms with Crippen molar-refractivity contribution in [2.24, 2.45) is 0 Å². The number of aromatic nitrogens is 1. The first-order chi connectivity index (χ1) is 10.3. The number of hydrogen-bond donors (Lipinski definition) is 2. The summed E-state index contributed by atoms with van der Waals surface area (Å²) in [6.07, 6.45) is -4.74. The first kappa shape index (κ1) is 16.1. The van der Waals surface area contributed by atoms with Crippen molar-refractivity contribution in [2.45, 2.75) is 13.3 Å². The standard InChI is InChI=1S/C13H12F3N3O2S/c1-7-10(12(17-2)22-19-7)11(20)18-8-3-5-9(6-4-8)21-13(14,15)16/h3-6,17H,1-2H3,(H,18,20). The van der Waals surface area contributed by atoms with E-state index in [4.69, 9.17) is 0 Å². The van der Waals surface area contributed by atoms with Gasteiger partial charge in [-0.3, -0.25) is 4.79 Å². The highest BCUT2D eigenvalue weighted by Crippen LogP contribution is 2.26. The van der Waals surface area contributed by atoms with Crippen molar-refractivity contribution in [3.63, 3.8) is 0 Å². The number of rotatable bonds is 4. The zero-order valence-corrected chi connectivity index (χ0v) is 12.4. The number of amides is 1. The van der Waals surface area contributed by atoms with Crippen LogP contribution in [0.2, 0.25) is 0 Å². The van der Waals surface area contributed by atoms with Crippen LogP contribution in [0.1, 0.15) is 16.1 Å². The predicted molar refractivity (Wildman–Crippen MR) is 77.5 cm³/mol. The van der Waals surface area contributed by atoms with Gasteiger partial charge in [0.05, 0.1) is 11.3 Å². The van der Waals surface area contributed by atoms with Crippen molar-refractivity contribution in [1.82, 2.24) is 4.37 Å². The molecule has 118 valence electrons. The number of aryl methyl sites for hydroxylation is 1. The average Bonchev–Trinajstić information content (AvgIpc) is 2.80. The Bertz CT molecular complexity index is 668. The number of hydrogen-bond acceptors (Lipinski definition) is 5. The summed E-state index contributed by atoms with van der Waals surface area (Å²) in [7, 11) is 1.67. The Labute approximate surface area is 128 Å². The SMILES string of the molecule is CNc1snc(C)c1C(=O)Nc1ccc(OC(F)(F)F)cc1. The Balaban J connectivity index is 2.10. The molecule has 2 rings (SSSR count). The summed E-state index contributed by atoms with van der Waals surface area (Å²) >= 11 is 1.16. The van der Waals surface area contributed by atoms with Crippen LogP contribution in [0.15, 0.2) is 24.3 Å². The highest BCUT2D eigenvalue weighted by molar-refractivity contribution is 7.10. The third kappa shape index (κ3) is 3.88. The fourth-order valence-electron chi connectivity index (χ4n) is 1.74. The summed E-state index contributed by atoms with van der Waals surface area (Å²) in [6, 6.07) is 4.90. The number of alkyl halides is 3. The minimum Gasteiger partial charge on any atom is -0.406 e. The monoisotopic (exact) mass is 331 g/mol. The lowest BCUT2D eigenvalue weighted by Crippen LogP contribution is -2.17. The van der Waals surface area contributed by atoms with Crippen LogP contribution in [0.4, 0.5) is 23.9 Å². The molecule has 0 aliphatic heterocycles. The van der Waals surface area contributed by atoms with Gasteiger partial charge < -0.3 is 15.4 Å². The maximum Gasteiger partial charge on any atom is 0.573 e. The molecule has 0 spiro atoms. The number of nitrogens with one attached hydrogen (secondary N) is 2. The molecular formula is C13H12F3N3O2S. The predicted octanol–water partition coefficient (Wildman–Crippen LogP) is 3.64. The van der Waals surface area contributed by atoms with Gasteiger partial charge in [-0.1, -0.05) is 0 Å². The van der Waals surface area contributed by atoms with E-state index in [0.717, 1.165) is 23.7 Å². The quantitative estimate of drug-likeness (QED) is 0.898. The molecule has 9 heteroatoms. The van der Waals surface area contributed by atoms with Crippen molar-refractivity contribution in [3.05, 3.63) is 35.5 Å². The van der Waals surface area contributed by atoms with Crippen LogP contribution in [0.5, 0.6) is 5.75 Å². The zero-order chi connectivity index (χ0) is 16.3. The van der Waals surface area contributed by atoms with Gasteiger partial charge in [-0.2, -0.15) is 4.37 Å². The average molecular weight is 331 g/mol. The molecule has 1 aromatic heterocycles. The second-order valence-corrected chi connectivity index (χ2v) is 5.02. The second kappa shape index (κ2) is 6.22. The Morgan fingerprint density at radius 3 is 2.45 bits per heavy atom. The lowest BCUT2D eigenvalue weighted by molar-refractivity contribution is -0.274. The molecule has 0 aliphatic carbocycles. The van der Waals surface area contributed by atoms with E-state index in [9.17, 15) is 18.0 Å². The van der Waals surface area contributed by atoms with Crippen molar-refractivity contribution in [3.8, 4) is 5.75 Å². The number of carbonyl (C=O) groups excluding carboxylic acids is 1. The summed E-state index contributed by atoms with van der Waals surface area (Å²) in [4.78, 5) is 12.2. The lowest BCUT2D eigenvalue weighted by atomic mass is 10.2. The van der Waals surface area contributed by atoms with Gasteiger partial charge in [0, 0.05) is 12.7 Å². The van der Waals surface area contributed by atoms with Crippen LogP contribution < -0.4 is 15.4 Å². The van der Waals surface area contributed by atoms with E-state index < -0.39 is 6.36 Å². The first-order valence-electron chi connectivity index (χ1n) is 6.11. The van der Waals surface area contributed by atoms with Gasteiger partial charge in [-0.25, -0.2) is 0 Å². The molecule has 1 heterocycles. The van der Waals surface area contributed by atoms with Gasteiger partial charge >= 0.3 is 6.36 Å². The summed E-state index contributed by atoms with van der Waals surface area (Å²) in [5.74, 6) is -0.741. The third-order valence-corrected chi connectivity index (χ3v) is 3.62. The number of halogens is 3. The lowest BCUT2D eigenvalue weighted by Gasteiger charge is -2.10. The van der Waals surface area contributed by atoms with E-state index in [1.807, 2.05) is 0 Å². The van der Waals surface area contributed by atoms with Crippen LogP contribution in [-0.4, -0.2) is 23.7 Å². The van der Waals surface area contributed by atoms with Crippen LogP contribution in [0.25, 0.3) is 0 Å². The highest BCUT2D eigenvalue weighted by atomic mass is 32.1. The van der Waals surface area contributed by atoms with E-state index in [1.54, 1.807) is 14.0 Å². The number of carbonyl (C=O) groups is 1. The zero-order valence-electron chi connectivity index (χ0n) is 11.6. The summed E-state index contributed by atoms with van der Waals surface area (Å²) < 4.78 is 44.0. The summed E-state index contributed by atoms with van der Waals surface area (Å²) in [6.45, 7) is 1.70. The van der Waals surface area contributed by atoms with E-state index in [0.29, 0.717) is 21.9 Å². The molecule has 0 aliphatic rings. The smallest absolute Gasteiger partial charge is 0.406 e. The molecule has 0 radical (unpaired) electrons. The molecule has 0 saturated heterocycles. The highest BCUT2D eigenvalue weighted by Gasteiger charge is 2.31. The van der Waals surface area contributed by atoms with Gasteiger partial charge in [-0.05, 0) is 42.7 Å². The first-order valence-corrected chi connectivity index (χ1v) is 6.88. The molecular weight excluding hydrogens is 319 g/mol. The molecule has 5 nitrogen and oxygen atoms in total. The van der Waals surface area contributed by atoms with Gasteiger partial charge in [0.2, 0.25) is 0 Å². The normalized spacial score (nSPS) is 11.1. The van der Waals surface area contributed by atoms with Crippen molar-refractivity contribution < 1.29 is 22.7 Å². The van der Waals surface area contributed by atoms with E-state index >= 15 is 0 Å². The van der Waals surface area contributed by atoms with Crippen molar-refractivity contribution >= 4 is 28.1 Å². The van der Waals surface area contributed by atoms with Gasteiger partial charge in [0.1, 0.15) is 10.8 Å². The topological polar surface area (TPSA) is 63.2 Å². The van der Waals surface area contributed by atoms with Crippen molar-refractivity contribution in [1.29, 1.82) is 0 Å². The van der Waals surface area contributed by atoms with Gasteiger partial charge in [0.25, 0.3) is 5.91 Å². The molecule has 0 saturated carbocycles. The maximum absolute atomic E-state index is 12.2. The largest absolute Gasteiger partial charge is 0.573 e. The molecule has 0 atom stereocenters. The molecule has 1 aromatic carbocycles. The molecule has 2 N–H and O–H groups in total. The van der Waals surface area contributed by atoms with Crippen molar-refractivity contribution in [2.75, 3.05) is 17.7 Å². The van der Waals surface area contributed by atoms with Crippen LogP contribution in [-0.2, 0) is 0 Å². The number of nitrogens with zero attached hydrogens (tertiary/aromatic N) is 1. The van der Waals surface area contributed by atoms with E-state index in [2.05, 4.69) is 19.7 Å². The number of anilines is 2. The number of benzene rings is 1. The fraction of sp³-hybridized carbons (Fsp3) is 0.231. The van der Waals surface area contributed by atoms with E-state index in [1.165, 1.54) is 12.1 Å². The van der Waals surface area contributed by atoms with Gasteiger partial charge in [-0.15, -0.1) is 13.2 Å². The second-order valence-electron chi connectivity index (χ2n) is 4.25. The summed E-state index contributed by atoms with van der Waals surface area (Å²) in [5, 5.41) is 6.09. The van der Waals surface area contributed by atoms with E-state index in [-0.39, 0.29) is 11.7 Å². The Morgan fingerprint density at radius 1 is 1.27 bits per heavy atom. The molecule has 0 fully saturated rings. The molecule has 2 aromatic rings. The van der Waals surface area contributed by atoms with Crippen LogP contribution in [0, 0.1) is 6.92 Å².